The smallest absolute Gasteiger partial charge is 0.248 e. The number of hydrogen-bond acceptors (Lipinski definition) is 6. The lowest BCUT2D eigenvalue weighted by molar-refractivity contribution is 0.176. The van der Waals surface area contributed by atoms with Gasteiger partial charge in [0.2, 0.25) is 11.4 Å². The fraction of sp³-hybridized carbons (Fsp3) is 0.229. The molecule has 0 aliphatic carbocycles. The number of rotatable bonds is 14. The Balaban J connectivity index is 1.11. The van der Waals surface area contributed by atoms with Crippen LogP contribution in [0.1, 0.15) is 28.4 Å². The molecule has 5 aromatic rings. The summed E-state index contributed by atoms with van der Waals surface area (Å²) < 4.78 is 44.1. The van der Waals surface area contributed by atoms with Gasteiger partial charge in [-0.05, 0) is 60.0 Å². The van der Waals surface area contributed by atoms with Crippen LogP contribution in [-0.2, 0) is 19.4 Å². The Morgan fingerprint density at radius 3 is 2.43 bits per heavy atom. The first kappa shape index (κ1) is 30.7. The van der Waals surface area contributed by atoms with Gasteiger partial charge in [-0.15, -0.1) is 0 Å². The summed E-state index contributed by atoms with van der Waals surface area (Å²) in [6.07, 6.45) is 0.304. The van der Waals surface area contributed by atoms with Crippen LogP contribution in [0.2, 0.25) is 0 Å². The van der Waals surface area contributed by atoms with Gasteiger partial charge in [-0.1, -0.05) is 54.6 Å². The van der Waals surface area contributed by atoms with Gasteiger partial charge in [0, 0.05) is 30.0 Å². The summed E-state index contributed by atoms with van der Waals surface area (Å²) in [5.74, 6) is -0.838. The van der Waals surface area contributed by atoms with Crippen molar-refractivity contribution in [3.8, 4) is 17.2 Å². The number of aromatic amines is 1. The molecule has 1 heterocycles. The lowest BCUT2D eigenvalue weighted by Gasteiger charge is -2.17. The minimum atomic E-state index is -0.998. The van der Waals surface area contributed by atoms with E-state index in [9.17, 15) is 18.7 Å². The van der Waals surface area contributed by atoms with Gasteiger partial charge in [-0.3, -0.25) is 4.79 Å². The number of halogens is 2. The number of methoxy groups -OCH3 is 1. The summed E-state index contributed by atoms with van der Waals surface area (Å²) in [5, 5.41) is 15.0. The van der Waals surface area contributed by atoms with Crippen molar-refractivity contribution < 1.29 is 28.1 Å². The Hall–Kier alpha value is -4.73. The van der Waals surface area contributed by atoms with Gasteiger partial charge in [-0.2, -0.15) is 4.39 Å². The summed E-state index contributed by atoms with van der Waals surface area (Å²) in [6, 6.07) is 26.7. The van der Waals surface area contributed by atoms with E-state index in [1.54, 1.807) is 12.1 Å². The first-order valence-corrected chi connectivity index (χ1v) is 14.4. The first-order valence-electron chi connectivity index (χ1n) is 14.4. The van der Waals surface area contributed by atoms with Gasteiger partial charge in [0.05, 0.1) is 25.3 Å². The minimum Gasteiger partial charge on any atom is -0.493 e. The molecule has 1 aromatic heterocycles. The van der Waals surface area contributed by atoms with Crippen molar-refractivity contribution in [1.82, 2.24) is 10.3 Å². The minimum absolute atomic E-state index is 0.102. The molecule has 0 bridgehead atoms. The summed E-state index contributed by atoms with van der Waals surface area (Å²) >= 11 is 0. The zero-order chi connectivity index (χ0) is 30.9. The maximum atomic E-state index is 13.9. The molecule has 7 nitrogen and oxygen atoms in total. The zero-order valence-electron chi connectivity index (χ0n) is 24.3. The Kier molecular flexibility index (Phi) is 10.2. The number of fused-ring (bicyclic) bond motifs is 1. The lowest BCUT2D eigenvalue weighted by atomic mass is 10.0. The molecule has 0 saturated carbocycles. The molecule has 9 heteroatoms. The molecule has 0 aliphatic rings. The molecule has 0 amide bonds. The van der Waals surface area contributed by atoms with Crippen LogP contribution in [0.3, 0.4) is 0 Å². The van der Waals surface area contributed by atoms with Crippen LogP contribution in [0.5, 0.6) is 17.2 Å². The number of aliphatic hydroxyl groups excluding tert-OH is 1. The summed E-state index contributed by atoms with van der Waals surface area (Å²) in [6.45, 7) is 1.60. The Morgan fingerprint density at radius 2 is 1.66 bits per heavy atom. The predicted molar refractivity (Wildman–Crippen MR) is 165 cm³/mol. The molecular formula is C35H34F2N2O5. The molecule has 5 rings (SSSR count). The van der Waals surface area contributed by atoms with E-state index in [-0.39, 0.29) is 17.9 Å². The van der Waals surface area contributed by atoms with E-state index in [1.807, 2.05) is 60.7 Å². The van der Waals surface area contributed by atoms with Crippen molar-refractivity contribution in [1.29, 1.82) is 0 Å². The number of aromatic nitrogens is 1. The second-order valence-electron chi connectivity index (χ2n) is 10.3. The highest BCUT2D eigenvalue weighted by Crippen LogP contribution is 2.30. The van der Waals surface area contributed by atoms with Gasteiger partial charge < -0.3 is 29.6 Å². The maximum absolute atomic E-state index is 13.9. The van der Waals surface area contributed by atoms with Crippen molar-refractivity contribution >= 4 is 10.9 Å². The predicted octanol–water partition coefficient (Wildman–Crippen LogP) is 5.88. The summed E-state index contributed by atoms with van der Waals surface area (Å²) in [7, 11) is 1.31. The quantitative estimate of drug-likeness (QED) is 0.138. The number of nitrogens with one attached hydrogen (secondary N) is 2. The molecule has 0 radical (unpaired) electrons. The summed E-state index contributed by atoms with van der Waals surface area (Å²) in [4.78, 5) is 14.9. The molecule has 1 unspecified atom stereocenters. The Bertz CT molecular complexity index is 1740. The fourth-order valence-corrected chi connectivity index (χ4v) is 5.00. The van der Waals surface area contributed by atoms with Gasteiger partial charge in [0.1, 0.15) is 18.1 Å². The van der Waals surface area contributed by atoms with Crippen LogP contribution in [-0.4, -0.2) is 36.9 Å². The molecule has 228 valence electrons. The van der Waals surface area contributed by atoms with Crippen LogP contribution < -0.4 is 25.1 Å². The van der Waals surface area contributed by atoms with E-state index in [0.29, 0.717) is 54.3 Å². The van der Waals surface area contributed by atoms with E-state index < -0.39 is 17.7 Å². The molecule has 4 aromatic carbocycles. The summed E-state index contributed by atoms with van der Waals surface area (Å²) in [5.41, 5.74) is 3.63. The van der Waals surface area contributed by atoms with Gasteiger partial charge in [0.15, 0.2) is 11.6 Å². The topological polar surface area (TPSA) is 92.8 Å². The van der Waals surface area contributed by atoms with Gasteiger partial charge in [0.25, 0.3) is 0 Å². The first-order chi connectivity index (χ1) is 21.4. The molecule has 44 heavy (non-hydrogen) atoms. The average molecular weight is 601 g/mol. The fourth-order valence-electron chi connectivity index (χ4n) is 5.00. The molecule has 3 N–H and O–H groups in total. The van der Waals surface area contributed by atoms with Crippen molar-refractivity contribution in [2.24, 2.45) is 0 Å². The third kappa shape index (κ3) is 7.61. The normalized spacial score (nSPS) is 11.8. The SMILES string of the molecule is COc1c(CCOc2ccc(CCNCC(O)c3ccc(OCc4ccccc4)c4[nH]c(=O)ccc34)cc2)ccc(F)c1F. The number of pyridine rings is 1. The van der Waals surface area contributed by atoms with E-state index in [2.05, 4.69) is 10.3 Å². The molecule has 0 aliphatic heterocycles. The number of H-pyrrole nitrogens is 1. The molecule has 1 atom stereocenters. The van der Waals surface area contributed by atoms with Crippen LogP contribution in [0.4, 0.5) is 8.78 Å². The van der Waals surface area contributed by atoms with Crippen molar-refractivity contribution in [2.75, 3.05) is 26.8 Å². The lowest BCUT2D eigenvalue weighted by Crippen LogP contribution is -2.24. The highest BCUT2D eigenvalue weighted by Gasteiger charge is 2.16. The molecule has 0 saturated heterocycles. The van der Waals surface area contributed by atoms with Gasteiger partial charge >= 0.3 is 0 Å². The Morgan fingerprint density at radius 1 is 0.864 bits per heavy atom. The third-order valence-electron chi connectivity index (χ3n) is 7.31. The maximum Gasteiger partial charge on any atom is 0.248 e. The van der Waals surface area contributed by atoms with Crippen LogP contribution in [0.15, 0.2) is 95.8 Å². The zero-order valence-corrected chi connectivity index (χ0v) is 24.3. The van der Waals surface area contributed by atoms with Crippen LogP contribution in [0, 0.1) is 11.6 Å². The number of aliphatic hydroxyl groups is 1. The van der Waals surface area contributed by atoms with Gasteiger partial charge in [-0.25, -0.2) is 4.39 Å². The number of ether oxygens (including phenoxy) is 3. The second-order valence-corrected chi connectivity index (χ2v) is 10.3. The van der Waals surface area contributed by atoms with E-state index in [4.69, 9.17) is 14.2 Å². The van der Waals surface area contributed by atoms with Crippen LogP contribution in [0.25, 0.3) is 10.9 Å². The highest BCUT2D eigenvalue weighted by molar-refractivity contribution is 5.87. The van der Waals surface area contributed by atoms with Crippen LogP contribution >= 0.6 is 0 Å². The van der Waals surface area contributed by atoms with E-state index in [0.717, 1.165) is 29.0 Å². The third-order valence-corrected chi connectivity index (χ3v) is 7.31. The second kappa shape index (κ2) is 14.6. The number of hydrogen-bond donors (Lipinski definition) is 3. The average Bonchev–Trinajstić information content (AvgIpc) is 3.04. The molecule has 0 fully saturated rings. The monoisotopic (exact) mass is 600 g/mol. The van der Waals surface area contributed by atoms with E-state index in [1.165, 1.54) is 19.2 Å². The van der Waals surface area contributed by atoms with Crippen molar-refractivity contribution in [2.45, 2.75) is 25.6 Å². The number of benzene rings is 4. The standard InChI is InChI=1S/C35H34F2N2O5/c1-42-35-25(9-14-29(36)33(35)37)18-20-43-26-10-7-23(8-11-26)17-19-38-21-30(40)27-12-15-31(34-28(27)13-16-32(41)39-34)44-22-24-5-3-2-4-6-24/h2-16,30,38,40H,17-22H2,1H3,(H,39,41). The Labute approximate surface area is 254 Å². The largest absolute Gasteiger partial charge is 0.493 e. The van der Waals surface area contributed by atoms with E-state index >= 15 is 0 Å². The van der Waals surface area contributed by atoms with Crippen molar-refractivity contribution in [3.05, 3.63) is 135 Å². The highest BCUT2D eigenvalue weighted by atomic mass is 19.2. The molecule has 0 spiro atoms. The molecular weight excluding hydrogens is 566 g/mol. The van der Waals surface area contributed by atoms with Crippen molar-refractivity contribution in [3.63, 3.8) is 0 Å².